The number of rotatable bonds is 15. The van der Waals surface area contributed by atoms with Gasteiger partial charge in [-0.05, 0) is 58.3 Å². The molecule has 0 bridgehead atoms. The highest BCUT2D eigenvalue weighted by Crippen LogP contribution is 2.38. The standard InChI is InChI=1S/C24H43NO4/c1-19(2)25-24(28)16-12-8-7-10-14-20-21(23(29-3)18-22(20)27)15-11-6-4-5-9-13-17-26/h7,10-11,15,19-23,26-27H,4-6,8-9,12-14,16-18H2,1-3H3,(H,25,28)/b10-7-,15-11+/t20?,21-,22+,23-/m1/s1. The summed E-state index contributed by atoms with van der Waals surface area (Å²) in [6, 6.07) is 0.196. The predicted molar refractivity (Wildman–Crippen MR) is 119 cm³/mol. The second-order valence-corrected chi connectivity index (χ2v) is 8.49. The Labute approximate surface area is 177 Å². The summed E-state index contributed by atoms with van der Waals surface area (Å²) in [5.74, 6) is 0.545. The van der Waals surface area contributed by atoms with Gasteiger partial charge in [0.25, 0.3) is 0 Å². The summed E-state index contributed by atoms with van der Waals surface area (Å²) >= 11 is 0. The molecular formula is C24H43NO4. The van der Waals surface area contributed by atoms with E-state index < -0.39 is 0 Å². The Morgan fingerprint density at radius 1 is 1.10 bits per heavy atom. The molecule has 5 nitrogen and oxygen atoms in total. The van der Waals surface area contributed by atoms with Crippen LogP contribution in [-0.2, 0) is 9.53 Å². The Morgan fingerprint density at radius 3 is 2.52 bits per heavy atom. The van der Waals surface area contributed by atoms with Gasteiger partial charge < -0.3 is 20.3 Å². The lowest BCUT2D eigenvalue weighted by Crippen LogP contribution is -2.29. The topological polar surface area (TPSA) is 78.8 Å². The van der Waals surface area contributed by atoms with Gasteiger partial charge in [-0.1, -0.05) is 37.1 Å². The van der Waals surface area contributed by atoms with Crippen molar-refractivity contribution < 1.29 is 19.7 Å². The molecule has 0 aliphatic heterocycles. The number of hydrogen-bond donors (Lipinski definition) is 3. The fourth-order valence-corrected chi connectivity index (χ4v) is 4.06. The number of hydrogen-bond acceptors (Lipinski definition) is 4. The molecule has 0 aromatic heterocycles. The fourth-order valence-electron chi connectivity index (χ4n) is 4.06. The van der Waals surface area contributed by atoms with Crippen molar-refractivity contribution in [1.82, 2.24) is 5.32 Å². The van der Waals surface area contributed by atoms with Crippen molar-refractivity contribution in [1.29, 1.82) is 0 Å². The molecule has 0 saturated heterocycles. The molecular weight excluding hydrogens is 366 g/mol. The lowest BCUT2D eigenvalue weighted by Gasteiger charge is -2.20. The first-order valence-electron chi connectivity index (χ1n) is 11.4. The number of allylic oxidation sites excluding steroid dienone is 3. The molecule has 1 aliphatic carbocycles. The van der Waals surface area contributed by atoms with Gasteiger partial charge in [0.2, 0.25) is 5.91 Å². The van der Waals surface area contributed by atoms with E-state index in [1.807, 2.05) is 13.8 Å². The average molecular weight is 410 g/mol. The average Bonchev–Trinajstić information content (AvgIpc) is 2.98. The van der Waals surface area contributed by atoms with Crippen LogP contribution in [-0.4, -0.2) is 48.1 Å². The molecule has 0 radical (unpaired) electrons. The molecule has 1 amide bonds. The van der Waals surface area contributed by atoms with Crippen LogP contribution in [0.25, 0.3) is 0 Å². The van der Waals surface area contributed by atoms with Crippen molar-refractivity contribution in [3.8, 4) is 0 Å². The van der Waals surface area contributed by atoms with Crippen LogP contribution < -0.4 is 5.32 Å². The zero-order chi connectivity index (χ0) is 21.5. The SMILES string of the molecule is CO[C@@H]1C[C@H](O)C(C/C=C\CCCC(=O)NC(C)C)[C@H]1/C=C/CCCCCCO. The van der Waals surface area contributed by atoms with Gasteiger partial charge in [0, 0.05) is 38.5 Å². The van der Waals surface area contributed by atoms with Crippen molar-refractivity contribution in [2.24, 2.45) is 11.8 Å². The quantitative estimate of drug-likeness (QED) is 0.281. The first kappa shape index (κ1) is 25.9. The number of unbranched alkanes of at least 4 members (excludes halogenated alkanes) is 5. The monoisotopic (exact) mass is 409 g/mol. The maximum absolute atomic E-state index is 11.6. The lowest BCUT2D eigenvalue weighted by atomic mass is 9.89. The maximum Gasteiger partial charge on any atom is 0.220 e. The lowest BCUT2D eigenvalue weighted by molar-refractivity contribution is -0.121. The Kier molecular flexibility index (Phi) is 14.0. The zero-order valence-corrected chi connectivity index (χ0v) is 18.7. The molecule has 1 unspecified atom stereocenters. The van der Waals surface area contributed by atoms with Crippen molar-refractivity contribution in [2.75, 3.05) is 13.7 Å². The largest absolute Gasteiger partial charge is 0.396 e. The van der Waals surface area contributed by atoms with E-state index in [0.717, 1.165) is 51.4 Å². The number of carbonyl (C=O) groups is 1. The van der Waals surface area contributed by atoms with Crippen molar-refractivity contribution in [3.63, 3.8) is 0 Å². The van der Waals surface area contributed by atoms with Crippen LogP contribution in [0.4, 0.5) is 0 Å². The predicted octanol–water partition coefficient (Wildman–Crippen LogP) is 4.14. The Balaban J connectivity index is 2.38. The fraction of sp³-hybridized carbons (Fsp3) is 0.792. The number of methoxy groups -OCH3 is 1. The Morgan fingerprint density at radius 2 is 1.83 bits per heavy atom. The summed E-state index contributed by atoms with van der Waals surface area (Å²) in [7, 11) is 1.73. The molecule has 1 fully saturated rings. The summed E-state index contributed by atoms with van der Waals surface area (Å²) in [5, 5.41) is 22.2. The molecule has 0 heterocycles. The summed E-state index contributed by atoms with van der Waals surface area (Å²) in [6.07, 6.45) is 17.6. The Hall–Kier alpha value is -1.17. The van der Waals surface area contributed by atoms with Crippen molar-refractivity contribution in [2.45, 2.75) is 96.3 Å². The van der Waals surface area contributed by atoms with E-state index in [1.165, 1.54) is 0 Å². The van der Waals surface area contributed by atoms with Crippen LogP contribution in [0.2, 0.25) is 0 Å². The van der Waals surface area contributed by atoms with E-state index in [-0.39, 0.29) is 42.6 Å². The first-order chi connectivity index (χ1) is 14.0. The number of carbonyl (C=O) groups excluding carboxylic acids is 1. The van der Waals surface area contributed by atoms with Crippen LogP contribution in [0.15, 0.2) is 24.3 Å². The molecule has 0 aromatic rings. The second kappa shape index (κ2) is 15.6. The molecule has 0 spiro atoms. The highest BCUT2D eigenvalue weighted by Gasteiger charge is 2.40. The molecule has 168 valence electrons. The van der Waals surface area contributed by atoms with Crippen LogP contribution in [0.3, 0.4) is 0 Å². The highest BCUT2D eigenvalue weighted by atomic mass is 16.5. The van der Waals surface area contributed by atoms with E-state index >= 15 is 0 Å². The van der Waals surface area contributed by atoms with Gasteiger partial charge >= 0.3 is 0 Å². The van der Waals surface area contributed by atoms with Gasteiger partial charge in [0.05, 0.1) is 12.2 Å². The number of aliphatic hydroxyl groups is 2. The van der Waals surface area contributed by atoms with E-state index in [9.17, 15) is 9.90 Å². The third-order valence-corrected chi connectivity index (χ3v) is 5.63. The number of nitrogens with one attached hydrogen (secondary N) is 1. The van der Waals surface area contributed by atoms with E-state index in [4.69, 9.17) is 9.84 Å². The normalized spacial score (nSPS) is 24.9. The minimum atomic E-state index is -0.333. The molecule has 5 heteroatoms. The van der Waals surface area contributed by atoms with Crippen LogP contribution in [0.1, 0.15) is 78.1 Å². The smallest absolute Gasteiger partial charge is 0.220 e. The minimum absolute atomic E-state index is 0.0776. The Bertz CT molecular complexity index is 489. The van der Waals surface area contributed by atoms with Crippen molar-refractivity contribution >= 4 is 5.91 Å². The van der Waals surface area contributed by atoms with Gasteiger partial charge in [-0.25, -0.2) is 0 Å². The van der Waals surface area contributed by atoms with Gasteiger partial charge in [-0.15, -0.1) is 0 Å². The highest BCUT2D eigenvalue weighted by molar-refractivity contribution is 5.76. The van der Waals surface area contributed by atoms with Gasteiger partial charge in [-0.2, -0.15) is 0 Å². The second-order valence-electron chi connectivity index (χ2n) is 8.49. The minimum Gasteiger partial charge on any atom is -0.396 e. The van der Waals surface area contributed by atoms with Crippen LogP contribution in [0.5, 0.6) is 0 Å². The number of ether oxygens (including phenoxy) is 1. The van der Waals surface area contributed by atoms with Gasteiger partial charge in [-0.3, -0.25) is 4.79 Å². The van der Waals surface area contributed by atoms with E-state index in [0.29, 0.717) is 12.8 Å². The summed E-state index contributed by atoms with van der Waals surface area (Å²) in [6.45, 7) is 4.23. The van der Waals surface area contributed by atoms with E-state index in [1.54, 1.807) is 7.11 Å². The van der Waals surface area contributed by atoms with Crippen molar-refractivity contribution in [3.05, 3.63) is 24.3 Å². The maximum atomic E-state index is 11.6. The zero-order valence-electron chi connectivity index (χ0n) is 18.7. The molecule has 1 saturated carbocycles. The first-order valence-corrected chi connectivity index (χ1v) is 11.4. The summed E-state index contributed by atoms with van der Waals surface area (Å²) in [5.41, 5.74) is 0. The molecule has 1 aliphatic rings. The third-order valence-electron chi connectivity index (χ3n) is 5.63. The van der Waals surface area contributed by atoms with Crippen LogP contribution >= 0.6 is 0 Å². The molecule has 0 aromatic carbocycles. The molecule has 1 rings (SSSR count). The van der Waals surface area contributed by atoms with E-state index in [2.05, 4.69) is 29.6 Å². The molecule has 4 atom stereocenters. The summed E-state index contributed by atoms with van der Waals surface area (Å²) < 4.78 is 5.63. The molecule has 3 N–H and O–H groups in total. The van der Waals surface area contributed by atoms with Gasteiger partial charge in [0.1, 0.15) is 0 Å². The van der Waals surface area contributed by atoms with Crippen LogP contribution in [0, 0.1) is 11.8 Å². The third kappa shape index (κ3) is 11.0. The molecule has 29 heavy (non-hydrogen) atoms. The summed E-state index contributed by atoms with van der Waals surface area (Å²) in [4.78, 5) is 11.6. The number of amides is 1. The van der Waals surface area contributed by atoms with Gasteiger partial charge in [0.15, 0.2) is 0 Å². The number of aliphatic hydroxyl groups excluding tert-OH is 2.